The Kier molecular flexibility index (Phi) is 3.60. The number of hydrogen-bond acceptors (Lipinski definition) is 6. The molecule has 0 fully saturated rings. The predicted molar refractivity (Wildman–Crippen MR) is 80.5 cm³/mol. The van der Waals surface area contributed by atoms with Crippen molar-refractivity contribution in [3.8, 4) is 11.1 Å². The summed E-state index contributed by atoms with van der Waals surface area (Å²) in [6.45, 7) is 1.55. The number of nitrogens with two attached hydrogens (primary N) is 1. The average molecular weight is 286 g/mol. The first kappa shape index (κ1) is 12.6. The summed E-state index contributed by atoms with van der Waals surface area (Å²) in [5.74, 6) is 0.532. The smallest absolute Gasteiger partial charge is 0.147 e. The minimum absolute atomic E-state index is 0.532. The summed E-state index contributed by atoms with van der Waals surface area (Å²) in [6.07, 6.45) is 7.24. The molecule has 3 aromatic rings. The molecule has 102 valence electrons. The Morgan fingerprint density at radius 3 is 3.00 bits per heavy atom. The maximum Gasteiger partial charge on any atom is 0.147 e. The van der Waals surface area contributed by atoms with Gasteiger partial charge in [-0.1, -0.05) is 6.07 Å². The fourth-order valence-electron chi connectivity index (χ4n) is 1.93. The highest BCUT2D eigenvalue weighted by Gasteiger charge is 2.13. The van der Waals surface area contributed by atoms with Gasteiger partial charge in [-0.15, -0.1) is 0 Å². The maximum absolute atomic E-state index is 5.95. The molecule has 0 amide bonds. The summed E-state index contributed by atoms with van der Waals surface area (Å²) in [7, 11) is 0. The number of aromatic nitrogens is 4. The monoisotopic (exact) mass is 286 g/mol. The third kappa shape index (κ3) is 2.62. The standard InChI is InChI=1S/C13H14N6S/c14-12-11(10-3-1-4-15-9-10)13(20-18-12)16-6-8-19-7-2-5-17-19/h1-5,7,9,16H,6,8H2,(H2,14,18). The lowest BCUT2D eigenvalue weighted by Crippen LogP contribution is -2.10. The normalized spacial score (nSPS) is 10.6. The zero-order valence-electron chi connectivity index (χ0n) is 10.7. The van der Waals surface area contributed by atoms with Gasteiger partial charge in [-0.2, -0.15) is 9.47 Å². The van der Waals surface area contributed by atoms with Crippen molar-refractivity contribution in [1.29, 1.82) is 0 Å². The van der Waals surface area contributed by atoms with Crippen LogP contribution in [0.25, 0.3) is 11.1 Å². The molecular formula is C13H14N6S. The fraction of sp³-hybridized carbons (Fsp3) is 0.154. The highest BCUT2D eigenvalue weighted by Crippen LogP contribution is 2.36. The molecular weight excluding hydrogens is 272 g/mol. The minimum Gasteiger partial charge on any atom is -0.382 e. The van der Waals surface area contributed by atoms with Gasteiger partial charge in [0.25, 0.3) is 0 Å². The molecule has 0 spiro atoms. The lowest BCUT2D eigenvalue weighted by atomic mass is 10.1. The summed E-state index contributed by atoms with van der Waals surface area (Å²) in [6, 6.07) is 5.78. The van der Waals surface area contributed by atoms with E-state index in [1.165, 1.54) is 11.5 Å². The minimum atomic E-state index is 0.532. The number of rotatable bonds is 5. The first-order valence-corrected chi connectivity index (χ1v) is 6.99. The van der Waals surface area contributed by atoms with Crippen LogP contribution in [0.1, 0.15) is 0 Å². The van der Waals surface area contributed by atoms with E-state index in [2.05, 4.69) is 19.8 Å². The van der Waals surface area contributed by atoms with E-state index >= 15 is 0 Å². The predicted octanol–water partition coefficient (Wildman–Crippen LogP) is 2.10. The number of nitrogens with zero attached hydrogens (tertiary/aromatic N) is 4. The molecule has 0 bridgehead atoms. The maximum atomic E-state index is 5.95. The molecule has 0 aromatic carbocycles. The summed E-state index contributed by atoms with van der Waals surface area (Å²) < 4.78 is 6.09. The van der Waals surface area contributed by atoms with Crippen molar-refractivity contribution >= 4 is 22.4 Å². The van der Waals surface area contributed by atoms with E-state index in [4.69, 9.17) is 5.73 Å². The molecule has 0 aliphatic heterocycles. The van der Waals surface area contributed by atoms with Crippen molar-refractivity contribution in [3.63, 3.8) is 0 Å². The molecule has 3 N–H and O–H groups in total. The van der Waals surface area contributed by atoms with Gasteiger partial charge in [-0.05, 0) is 23.7 Å². The van der Waals surface area contributed by atoms with Crippen LogP contribution >= 0.6 is 11.5 Å². The van der Waals surface area contributed by atoms with Gasteiger partial charge in [0.2, 0.25) is 0 Å². The van der Waals surface area contributed by atoms with E-state index in [1.54, 1.807) is 18.6 Å². The molecule has 3 rings (SSSR count). The Morgan fingerprint density at radius 1 is 1.30 bits per heavy atom. The summed E-state index contributed by atoms with van der Waals surface area (Å²) in [5, 5.41) is 8.48. The molecule has 7 heteroatoms. The first-order chi connectivity index (χ1) is 9.84. The molecule has 3 aromatic heterocycles. The Balaban J connectivity index is 1.74. The van der Waals surface area contributed by atoms with Gasteiger partial charge in [0.15, 0.2) is 0 Å². The van der Waals surface area contributed by atoms with Crippen LogP contribution in [0.5, 0.6) is 0 Å². The van der Waals surface area contributed by atoms with Crippen molar-refractivity contribution in [2.24, 2.45) is 0 Å². The van der Waals surface area contributed by atoms with E-state index in [0.717, 1.165) is 29.2 Å². The van der Waals surface area contributed by atoms with E-state index in [0.29, 0.717) is 5.82 Å². The molecule has 0 radical (unpaired) electrons. The zero-order chi connectivity index (χ0) is 13.8. The quantitative estimate of drug-likeness (QED) is 0.750. The van der Waals surface area contributed by atoms with E-state index in [-0.39, 0.29) is 0 Å². The van der Waals surface area contributed by atoms with Crippen LogP contribution in [-0.2, 0) is 6.54 Å². The molecule has 6 nitrogen and oxygen atoms in total. The molecule has 0 atom stereocenters. The first-order valence-electron chi connectivity index (χ1n) is 6.21. The number of anilines is 2. The van der Waals surface area contributed by atoms with E-state index in [9.17, 15) is 0 Å². The SMILES string of the molecule is Nc1nsc(NCCn2cccn2)c1-c1cccnc1. The lowest BCUT2D eigenvalue weighted by molar-refractivity contribution is 0.638. The van der Waals surface area contributed by atoms with Crippen LogP contribution in [0.3, 0.4) is 0 Å². The van der Waals surface area contributed by atoms with Crippen molar-refractivity contribution in [3.05, 3.63) is 43.0 Å². The van der Waals surface area contributed by atoms with Crippen LogP contribution in [0.15, 0.2) is 43.0 Å². The summed E-state index contributed by atoms with van der Waals surface area (Å²) in [4.78, 5) is 4.12. The van der Waals surface area contributed by atoms with Gasteiger partial charge < -0.3 is 11.1 Å². The number of hydrogen-bond donors (Lipinski definition) is 2. The van der Waals surface area contributed by atoms with Crippen molar-refractivity contribution in [2.75, 3.05) is 17.6 Å². The van der Waals surface area contributed by atoms with Gasteiger partial charge >= 0.3 is 0 Å². The highest BCUT2D eigenvalue weighted by molar-refractivity contribution is 7.11. The third-order valence-electron chi connectivity index (χ3n) is 2.85. The highest BCUT2D eigenvalue weighted by atomic mass is 32.1. The van der Waals surface area contributed by atoms with Crippen molar-refractivity contribution in [1.82, 2.24) is 19.1 Å². The van der Waals surface area contributed by atoms with Crippen molar-refractivity contribution < 1.29 is 0 Å². The summed E-state index contributed by atoms with van der Waals surface area (Å²) >= 11 is 1.36. The Bertz CT molecular complexity index is 661. The molecule has 0 saturated heterocycles. The Morgan fingerprint density at radius 2 is 2.25 bits per heavy atom. The van der Waals surface area contributed by atoms with Crippen LogP contribution < -0.4 is 11.1 Å². The third-order valence-corrected chi connectivity index (χ3v) is 3.67. The second-order valence-corrected chi connectivity index (χ2v) is 4.98. The van der Waals surface area contributed by atoms with Crippen LogP contribution in [0.2, 0.25) is 0 Å². The van der Waals surface area contributed by atoms with Gasteiger partial charge in [-0.25, -0.2) is 0 Å². The molecule has 0 aliphatic rings. The van der Waals surface area contributed by atoms with Crippen LogP contribution in [-0.4, -0.2) is 25.7 Å². The van der Waals surface area contributed by atoms with Crippen molar-refractivity contribution in [2.45, 2.75) is 6.54 Å². The number of pyridine rings is 1. The average Bonchev–Trinajstić information content (AvgIpc) is 3.10. The molecule has 0 unspecified atom stereocenters. The van der Waals surface area contributed by atoms with Crippen LogP contribution in [0, 0.1) is 0 Å². The Labute approximate surface area is 120 Å². The van der Waals surface area contributed by atoms with E-state index < -0.39 is 0 Å². The fourth-order valence-corrected chi connectivity index (χ4v) is 2.69. The van der Waals surface area contributed by atoms with Gasteiger partial charge in [0.05, 0.1) is 12.1 Å². The second-order valence-electron chi connectivity index (χ2n) is 4.21. The largest absolute Gasteiger partial charge is 0.382 e. The van der Waals surface area contributed by atoms with Gasteiger partial charge in [0, 0.05) is 36.9 Å². The second kappa shape index (κ2) is 5.70. The van der Waals surface area contributed by atoms with Gasteiger partial charge in [-0.3, -0.25) is 9.67 Å². The zero-order valence-corrected chi connectivity index (χ0v) is 11.5. The molecule has 20 heavy (non-hydrogen) atoms. The topological polar surface area (TPSA) is 81.6 Å². The van der Waals surface area contributed by atoms with E-state index in [1.807, 2.05) is 29.1 Å². The lowest BCUT2D eigenvalue weighted by Gasteiger charge is -2.07. The molecule has 0 aliphatic carbocycles. The Hall–Kier alpha value is -2.41. The van der Waals surface area contributed by atoms with Crippen LogP contribution in [0.4, 0.5) is 10.8 Å². The van der Waals surface area contributed by atoms with Gasteiger partial charge in [0.1, 0.15) is 10.8 Å². The molecule has 3 heterocycles. The number of nitrogens with one attached hydrogen (secondary N) is 1. The summed E-state index contributed by atoms with van der Waals surface area (Å²) in [5.41, 5.74) is 7.85. The molecule has 0 saturated carbocycles. The number of nitrogen functional groups attached to an aromatic ring is 1.